The lowest BCUT2D eigenvalue weighted by Gasteiger charge is -2.32. The van der Waals surface area contributed by atoms with Crippen LogP contribution in [0.15, 0.2) is 18.3 Å². The third-order valence-corrected chi connectivity index (χ3v) is 3.08. The lowest BCUT2D eigenvalue weighted by atomic mass is 10.0. The SMILES string of the molecule is CC(=O)c1ccc(NCC(C)(C)N(C)C)nc1. The second-order valence-corrected chi connectivity index (χ2v) is 5.05. The summed E-state index contributed by atoms with van der Waals surface area (Å²) in [7, 11) is 4.10. The van der Waals surface area contributed by atoms with Gasteiger partial charge in [-0.15, -0.1) is 0 Å². The molecular formula is C13H21N3O. The molecule has 0 aliphatic heterocycles. The zero-order chi connectivity index (χ0) is 13.1. The molecule has 0 aliphatic rings. The Bertz CT molecular complexity index is 382. The van der Waals surface area contributed by atoms with Crippen LogP contribution < -0.4 is 5.32 Å². The number of carbonyl (C=O) groups excluding carboxylic acids is 1. The van der Waals surface area contributed by atoms with Crippen LogP contribution in [0.3, 0.4) is 0 Å². The Morgan fingerprint density at radius 3 is 2.47 bits per heavy atom. The van der Waals surface area contributed by atoms with Crippen molar-refractivity contribution in [1.29, 1.82) is 0 Å². The van der Waals surface area contributed by atoms with Gasteiger partial charge in [0.1, 0.15) is 5.82 Å². The van der Waals surface area contributed by atoms with Gasteiger partial charge in [0.25, 0.3) is 0 Å². The van der Waals surface area contributed by atoms with Gasteiger partial charge in [-0.25, -0.2) is 4.98 Å². The summed E-state index contributed by atoms with van der Waals surface area (Å²) in [6.45, 7) is 6.65. The molecule has 17 heavy (non-hydrogen) atoms. The number of pyridine rings is 1. The molecule has 0 atom stereocenters. The highest BCUT2D eigenvalue weighted by Crippen LogP contribution is 2.12. The minimum atomic E-state index is 0.0395. The summed E-state index contributed by atoms with van der Waals surface area (Å²) in [6, 6.07) is 3.63. The Morgan fingerprint density at radius 2 is 2.06 bits per heavy atom. The Labute approximate surface area is 103 Å². The van der Waals surface area contributed by atoms with Crippen LogP contribution in [0.4, 0.5) is 5.82 Å². The van der Waals surface area contributed by atoms with Gasteiger partial charge in [-0.2, -0.15) is 0 Å². The zero-order valence-corrected chi connectivity index (χ0v) is 11.2. The molecule has 0 spiro atoms. The van der Waals surface area contributed by atoms with Gasteiger partial charge in [0.2, 0.25) is 0 Å². The maximum absolute atomic E-state index is 11.1. The molecule has 4 nitrogen and oxygen atoms in total. The van der Waals surface area contributed by atoms with E-state index in [0.717, 1.165) is 12.4 Å². The summed E-state index contributed by atoms with van der Waals surface area (Å²) in [5.74, 6) is 0.836. The molecule has 94 valence electrons. The van der Waals surface area contributed by atoms with Crippen LogP contribution in [-0.4, -0.2) is 41.8 Å². The first-order valence-electron chi connectivity index (χ1n) is 5.71. The van der Waals surface area contributed by atoms with Crippen LogP contribution in [0.1, 0.15) is 31.1 Å². The van der Waals surface area contributed by atoms with E-state index in [-0.39, 0.29) is 11.3 Å². The van der Waals surface area contributed by atoms with E-state index in [1.165, 1.54) is 0 Å². The van der Waals surface area contributed by atoms with E-state index in [2.05, 4.69) is 29.0 Å². The van der Waals surface area contributed by atoms with Crippen molar-refractivity contribution >= 4 is 11.6 Å². The van der Waals surface area contributed by atoms with Gasteiger partial charge in [-0.05, 0) is 47.0 Å². The van der Waals surface area contributed by atoms with Crippen LogP contribution in [-0.2, 0) is 0 Å². The third-order valence-electron chi connectivity index (χ3n) is 3.08. The van der Waals surface area contributed by atoms with Crippen molar-refractivity contribution in [1.82, 2.24) is 9.88 Å². The molecule has 0 saturated heterocycles. The first-order chi connectivity index (χ1) is 7.83. The van der Waals surface area contributed by atoms with E-state index in [1.807, 2.05) is 20.2 Å². The summed E-state index contributed by atoms with van der Waals surface area (Å²) < 4.78 is 0. The molecule has 0 unspecified atom stereocenters. The maximum Gasteiger partial charge on any atom is 0.161 e. The van der Waals surface area contributed by atoms with Crippen LogP contribution >= 0.6 is 0 Å². The Morgan fingerprint density at radius 1 is 1.41 bits per heavy atom. The number of hydrogen-bond acceptors (Lipinski definition) is 4. The summed E-state index contributed by atoms with van der Waals surface area (Å²) in [6.07, 6.45) is 1.60. The minimum Gasteiger partial charge on any atom is -0.368 e. The summed E-state index contributed by atoms with van der Waals surface area (Å²) in [5, 5.41) is 3.27. The smallest absolute Gasteiger partial charge is 0.161 e. The molecular weight excluding hydrogens is 214 g/mol. The second kappa shape index (κ2) is 5.27. The summed E-state index contributed by atoms with van der Waals surface area (Å²) >= 11 is 0. The van der Waals surface area contributed by atoms with Crippen LogP contribution in [0.2, 0.25) is 0 Å². The normalized spacial score (nSPS) is 11.6. The van der Waals surface area contributed by atoms with Gasteiger partial charge in [-0.1, -0.05) is 0 Å². The highest BCUT2D eigenvalue weighted by atomic mass is 16.1. The molecule has 1 N–H and O–H groups in total. The van der Waals surface area contributed by atoms with E-state index < -0.39 is 0 Å². The molecule has 0 bridgehead atoms. The van der Waals surface area contributed by atoms with Crippen molar-refractivity contribution in [3.8, 4) is 0 Å². The van der Waals surface area contributed by atoms with Gasteiger partial charge in [0.05, 0.1) is 0 Å². The van der Waals surface area contributed by atoms with Crippen molar-refractivity contribution < 1.29 is 4.79 Å². The lowest BCUT2D eigenvalue weighted by molar-refractivity contribution is 0.101. The van der Waals surface area contributed by atoms with Crippen LogP contribution in [0.5, 0.6) is 0 Å². The molecule has 1 rings (SSSR count). The van der Waals surface area contributed by atoms with E-state index in [0.29, 0.717) is 5.56 Å². The molecule has 0 radical (unpaired) electrons. The number of aromatic nitrogens is 1. The lowest BCUT2D eigenvalue weighted by Crippen LogP contribution is -2.44. The number of likely N-dealkylation sites (N-methyl/N-ethyl adjacent to an activating group) is 1. The molecule has 0 aromatic carbocycles. The molecule has 0 aliphatic carbocycles. The minimum absolute atomic E-state index is 0.0395. The fourth-order valence-electron chi connectivity index (χ4n) is 1.17. The number of anilines is 1. The van der Waals surface area contributed by atoms with Gasteiger partial charge >= 0.3 is 0 Å². The monoisotopic (exact) mass is 235 g/mol. The van der Waals surface area contributed by atoms with Crippen molar-refractivity contribution in [2.24, 2.45) is 0 Å². The van der Waals surface area contributed by atoms with Gasteiger partial charge in [0.15, 0.2) is 5.78 Å². The summed E-state index contributed by atoms with van der Waals surface area (Å²) in [5.41, 5.74) is 0.698. The average molecular weight is 235 g/mol. The Balaban J connectivity index is 2.62. The predicted molar refractivity (Wildman–Crippen MR) is 70.5 cm³/mol. The van der Waals surface area contributed by atoms with Crippen molar-refractivity contribution in [2.75, 3.05) is 26.0 Å². The highest BCUT2D eigenvalue weighted by molar-refractivity contribution is 5.93. The van der Waals surface area contributed by atoms with Crippen LogP contribution in [0.25, 0.3) is 0 Å². The molecule has 4 heteroatoms. The molecule has 0 amide bonds. The predicted octanol–water partition coefficient (Wildman–Crippen LogP) is 2.04. The van der Waals surface area contributed by atoms with Crippen molar-refractivity contribution in [3.05, 3.63) is 23.9 Å². The number of nitrogens with one attached hydrogen (secondary N) is 1. The fourth-order valence-corrected chi connectivity index (χ4v) is 1.17. The standard InChI is InChI=1S/C13H21N3O/c1-10(17)11-6-7-12(14-8-11)15-9-13(2,3)16(4)5/h6-8H,9H2,1-5H3,(H,14,15). The number of hydrogen-bond donors (Lipinski definition) is 1. The second-order valence-electron chi connectivity index (χ2n) is 5.05. The van der Waals surface area contributed by atoms with Crippen LogP contribution in [0, 0.1) is 0 Å². The van der Waals surface area contributed by atoms with Crippen molar-refractivity contribution in [2.45, 2.75) is 26.3 Å². The molecule has 0 fully saturated rings. The van der Waals surface area contributed by atoms with E-state index in [9.17, 15) is 4.79 Å². The molecule has 1 heterocycles. The fraction of sp³-hybridized carbons (Fsp3) is 0.538. The van der Waals surface area contributed by atoms with Gasteiger partial charge in [-0.3, -0.25) is 4.79 Å². The van der Waals surface area contributed by atoms with E-state index in [4.69, 9.17) is 0 Å². The topological polar surface area (TPSA) is 45.2 Å². The quantitative estimate of drug-likeness (QED) is 0.793. The number of carbonyl (C=O) groups is 1. The Hall–Kier alpha value is -1.42. The average Bonchev–Trinajstić information content (AvgIpc) is 2.27. The Kier molecular flexibility index (Phi) is 4.23. The van der Waals surface area contributed by atoms with E-state index in [1.54, 1.807) is 19.2 Å². The van der Waals surface area contributed by atoms with Gasteiger partial charge in [0, 0.05) is 23.8 Å². The summed E-state index contributed by atoms with van der Waals surface area (Å²) in [4.78, 5) is 17.5. The number of nitrogens with zero attached hydrogens (tertiary/aromatic N) is 2. The zero-order valence-electron chi connectivity index (χ0n) is 11.2. The maximum atomic E-state index is 11.1. The number of ketones is 1. The highest BCUT2D eigenvalue weighted by Gasteiger charge is 2.19. The van der Waals surface area contributed by atoms with Crippen molar-refractivity contribution in [3.63, 3.8) is 0 Å². The number of rotatable bonds is 5. The van der Waals surface area contributed by atoms with Gasteiger partial charge < -0.3 is 10.2 Å². The molecule has 0 saturated carbocycles. The largest absolute Gasteiger partial charge is 0.368 e. The molecule has 1 aromatic rings. The third kappa shape index (κ3) is 3.82. The molecule has 1 aromatic heterocycles. The number of Topliss-reactive ketones (excluding diaryl/α,β-unsaturated/α-hetero) is 1. The first-order valence-corrected chi connectivity index (χ1v) is 5.71. The first kappa shape index (κ1) is 13.6. The van der Waals surface area contributed by atoms with E-state index >= 15 is 0 Å².